The van der Waals surface area contributed by atoms with Gasteiger partial charge in [0.2, 0.25) is 0 Å². The molecule has 0 fully saturated rings. The summed E-state index contributed by atoms with van der Waals surface area (Å²) in [5.74, 6) is 2.31. The van der Waals surface area contributed by atoms with E-state index in [1.165, 1.54) is 5.56 Å². The Hall–Kier alpha value is -0.783. The molecule has 1 N–H and O–H groups in total. The van der Waals surface area contributed by atoms with Crippen LogP contribution in [-0.4, -0.2) is 13.4 Å². The van der Waals surface area contributed by atoms with E-state index in [4.69, 9.17) is 4.43 Å². The van der Waals surface area contributed by atoms with E-state index in [9.17, 15) is 5.11 Å². The first-order chi connectivity index (χ1) is 14.7. The minimum atomic E-state index is -1.88. The van der Waals surface area contributed by atoms with Crippen LogP contribution in [0.4, 0.5) is 0 Å². The number of phenols is 1. The molecule has 0 unspecified atom stereocenters. The third-order valence-electron chi connectivity index (χ3n) is 6.20. The molecular weight excluding hydrogens is 544 g/mol. The first kappa shape index (κ1) is 29.2. The molecule has 2 aromatic carbocycles. The molecule has 180 valence electrons. The standard InChI is InChI=1S/C18H31BrOSi.C9H11BrO/c1-12(2)17-11-16(19)9-10-18(17)20-21(13(3)4,14(5)6)15(7)8;1-6(2)8-5-7(10)3-4-9(8)11/h9-15H,1-8H3;3-6,11H,1-2H3. The summed E-state index contributed by atoms with van der Waals surface area (Å²) in [4.78, 5) is 0. The van der Waals surface area contributed by atoms with Gasteiger partial charge in [0.1, 0.15) is 11.5 Å². The van der Waals surface area contributed by atoms with Gasteiger partial charge in [-0.05, 0) is 76.0 Å². The highest BCUT2D eigenvalue weighted by atomic mass is 79.9. The SMILES string of the molecule is CC(C)c1cc(Br)ccc1O.CC(C)c1cc(Br)ccc1O[Si](C(C)C)(C(C)C)C(C)C. The van der Waals surface area contributed by atoms with E-state index in [1.807, 2.05) is 12.1 Å². The van der Waals surface area contributed by atoms with Gasteiger partial charge in [0.15, 0.2) is 0 Å². The van der Waals surface area contributed by atoms with Gasteiger partial charge in [-0.3, -0.25) is 0 Å². The van der Waals surface area contributed by atoms with Crippen LogP contribution >= 0.6 is 31.9 Å². The van der Waals surface area contributed by atoms with Gasteiger partial charge in [-0.15, -0.1) is 0 Å². The monoisotopic (exact) mass is 584 g/mol. The second kappa shape index (κ2) is 12.6. The maximum Gasteiger partial charge on any atom is 0.258 e. The number of hydrogen-bond acceptors (Lipinski definition) is 2. The van der Waals surface area contributed by atoms with E-state index in [-0.39, 0.29) is 0 Å². The molecule has 0 aliphatic heterocycles. The van der Waals surface area contributed by atoms with Crippen molar-refractivity contribution in [3.05, 3.63) is 56.5 Å². The predicted molar refractivity (Wildman–Crippen MR) is 150 cm³/mol. The van der Waals surface area contributed by atoms with Crippen LogP contribution in [-0.2, 0) is 0 Å². The van der Waals surface area contributed by atoms with Crippen LogP contribution in [0.15, 0.2) is 45.3 Å². The summed E-state index contributed by atoms with van der Waals surface area (Å²) in [6.45, 7) is 22.6. The Kier molecular flexibility index (Phi) is 11.5. The smallest absolute Gasteiger partial charge is 0.258 e. The molecular formula is C27H42Br2O2Si. The fraction of sp³-hybridized carbons (Fsp3) is 0.556. The largest absolute Gasteiger partial charge is 0.542 e. The van der Waals surface area contributed by atoms with Crippen molar-refractivity contribution in [2.24, 2.45) is 0 Å². The highest BCUT2D eigenvalue weighted by molar-refractivity contribution is 9.10. The molecule has 32 heavy (non-hydrogen) atoms. The molecule has 0 heterocycles. The zero-order valence-corrected chi connectivity index (χ0v) is 25.6. The van der Waals surface area contributed by atoms with Crippen LogP contribution in [0.3, 0.4) is 0 Å². The zero-order valence-electron chi connectivity index (χ0n) is 21.5. The third-order valence-corrected chi connectivity index (χ3v) is 13.2. The molecule has 0 saturated carbocycles. The molecule has 0 bridgehead atoms. The van der Waals surface area contributed by atoms with Crippen LogP contribution < -0.4 is 4.43 Å². The lowest BCUT2D eigenvalue weighted by atomic mass is 10.0. The molecule has 2 aromatic rings. The second-order valence-electron chi connectivity index (χ2n) is 10.1. The molecule has 2 nitrogen and oxygen atoms in total. The van der Waals surface area contributed by atoms with Crippen molar-refractivity contribution in [3.63, 3.8) is 0 Å². The summed E-state index contributed by atoms with van der Waals surface area (Å²) >= 11 is 6.94. The van der Waals surface area contributed by atoms with Crippen molar-refractivity contribution < 1.29 is 9.53 Å². The van der Waals surface area contributed by atoms with E-state index < -0.39 is 8.32 Å². The molecule has 0 aromatic heterocycles. The summed E-state index contributed by atoms with van der Waals surface area (Å²) < 4.78 is 8.99. The van der Waals surface area contributed by atoms with Gasteiger partial charge < -0.3 is 9.53 Å². The predicted octanol–water partition coefficient (Wildman–Crippen LogP) is 10.4. The van der Waals surface area contributed by atoms with Gasteiger partial charge in [0, 0.05) is 8.95 Å². The Morgan fingerprint density at radius 2 is 1.06 bits per heavy atom. The maximum atomic E-state index is 9.38. The van der Waals surface area contributed by atoms with E-state index in [1.54, 1.807) is 6.07 Å². The van der Waals surface area contributed by atoms with Gasteiger partial charge in [-0.1, -0.05) is 101 Å². The number of rotatable bonds is 7. The molecule has 0 spiro atoms. The third kappa shape index (κ3) is 7.36. The van der Waals surface area contributed by atoms with Crippen molar-refractivity contribution in [2.75, 3.05) is 0 Å². The average molecular weight is 587 g/mol. The molecule has 0 amide bonds. The fourth-order valence-corrected chi connectivity index (χ4v) is 10.6. The number of phenolic OH excluding ortho intramolecular Hbond substituents is 1. The Bertz CT molecular complexity index is 839. The zero-order chi connectivity index (χ0) is 24.8. The first-order valence-electron chi connectivity index (χ1n) is 11.7. The lowest BCUT2D eigenvalue weighted by molar-refractivity contribution is 0.464. The summed E-state index contributed by atoms with van der Waals surface area (Å²) in [6, 6.07) is 11.9. The van der Waals surface area contributed by atoms with Crippen LogP contribution in [0.25, 0.3) is 0 Å². The van der Waals surface area contributed by atoms with E-state index in [0.29, 0.717) is 34.2 Å². The number of benzene rings is 2. The fourth-order valence-electron chi connectivity index (χ4n) is 4.60. The number of hydrogen-bond donors (Lipinski definition) is 1. The summed E-state index contributed by atoms with van der Waals surface area (Å²) in [6.07, 6.45) is 0. The molecule has 0 radical (unpaired) electrons. The maximum absolute atomic E-state index is 9.38. The summed E-state index contributed by atoms with van der Waals surface area (Å²) in [5.41, 5.74) is 4.09. The Morgan fingerprint density at radius 1 is 0.656 bits per heavy atom. The van der Waals surface area contributed by atoms with Crippen molar-refractivity contribution in [1.29, 1.82) is 0 Å². The molecule has 0 saturated heterocycles. The molecule has 0 aliphatic rings. The van der Waals surface area contributed by atoms with E-state index in [2.05, 4.69) is 119 Å². The topological polar surface area (TPSA) is 29.5 Å². The van der Waals surface area contributed by atoms with E-state index >= 15 is 0 Å². The van der Waals surface area contributed by atoms with Crippen molar-refractivity contribution in [2.45, 2.75) is 97.7 Å². The highest BCUT2D eigenvalue weighted by Crippen LogP contribution is 2.44. The Balaban J connectivity index is 0.000000389. The minimum Gasteiger partial charge on any atom is -0.542 e. The number of aromatic hydroxyl groups is 1. The van der Waals surface area contributed by atoms with Gasteiger partial charge in [-0.2, -0.15) is 0 Å². The average Bonchev–Trinajstić information content (AvgIpc) is 2.68. The van der Waals surface area contributed by atoms with Crippen LogP contribution in [0.5, 0.6) is 11.5 Å². The highest BCUT2D eigenvalue weighted by Gasteiger charge is 2.47. The summed E-state index contributed by atoms with van der Waals surface area (Å²) in [7, 11) is -1.88. The number of halogens is 2. The van der Waals surface area contributed by atoms with Crippen molar-refractivity contribution in [1.82, 2.24) is 0 Å². The van der Waals surface area contributed by atoms with Crippen LogP contribution in [0.1, 0.15) is 92.2 Å². The Morgan fingerprint density at radius 3 is 1.44 bits per heavy atom. The molecule has 2 rings (SSSR count). The van der Waals surface area contributed by atoms with E-state index in [0.717, 1.165) is 20.3 Å². The molecule has 0 atom stereocenters. The second-order valence-corrected chi connectivity index (χ2v) is 17.3. The molecule has 5 heteroatoms. The summed E-state index contributed by atoms with van der Waals surface area (Å²) in [5, 5.41) is 9.38. The van der Waals surface area contributed by atoms with Gasteiger partial charge >= 0.3 is 0 Å². The lowest BCUT2D eigenvalue weighted by Gasteiger charge is -2.42. The van der Waals surface area contributed by atoms with Gasteiger partial charge in [0.25, 0.3) is 8.32 Å². The minimum absolute atomic E-state index is 0.368. The first-order valence-corrected chi connectivity index (χ1v) is 15.4. The Labute approximate surface area is 214 Å². The van der Waals surface area contributed by atoms with Gasteiger partial charge in [-0.25, -0.2) is 0 Å². The normalized spacial score (nSPS) is 12.0. The van der Waals surface area contributed by atoms with Crippen molar-refractivity contribution in [3.8, 4) is 11.5 Å². The van der Waals surface area contributed by atoms with Crippen molar-refractivity contribution >= 4 is 40.2 Å². The lowest BCUT2D eigenvalue weighted by Crippen LogP contribution is -2.50. The molecule has 0 aliphatic carbocycles. The van der Waals surface area contributed by atoms with Gasteiger partial charge in [0.05, 0.1) is 0 Å². The van der Waals surface area contributed by atoms with Crippen LogP contribution in [0, 0.1) is 0 Å². The quantitative estimate of drug-likeness (QED) is 0.327. The van der Waals surface area contributed by atoms with Crippen LogP contribution in [0.2, 0.25) is 16.6 Å².